The van der Waals surface area contributed by atoms with Crippen molar-refractivity contribution < 1.29 is 4.79 Å². The summed E-state index contributed by atoms with van der Waals surface area (Å²) in [5.41, 5.74) is 7.88. The summed E-state index contributed by atoms with van der Waals surface area (Å²) in [4.78, 5) is 14.5. The summed E-state index contributed by atoms with van der Waals surface area (Å²) in [5, 5.41) is 0. The van der Waals surface area contributed by atoms with Gasteiger partial charge in [-0.3, -0.25) is 4.79 Å². The molecule has 0 bridgehead atoms. The predicted molar refractivity (Wildman–Crippen MR) is 72.5 cm³/mol. The maximum Gasteiger partial charge on any atom is 0.231 e. The van der Waals surface area contributed by atoms with Crippen LogP contribution in [0.1, 0.15) is 19.4 Å². The first-order valence-corrected chi connectivity index (χ1v) is 6.53. The molecule has 1 aromatic rings. The second-order valence-electron chi connectivity index (χ2n) is 4.99. The summed E-state index contributed by atoms with van der Waals surface area (Å²) in [6, 6.07) is 6.20. The maximum atomic E-state index is 11.6. The molecule has 0 aromatic heterocycles. The molecule has 1 aliphatic rings. The Morgan fingerprint density at radius 2 is 2.18 bits per heavy atom. The second kappa shape index (κ2) is 4.35. The summed E-state index contributed by atoms with van der Waals surface area (Å²) in [5.74, 6) is 0.167. The number of hydrogen-bond acceptors (Lipinski definition) is 3. The number of fused-ring (bicyclic) bond motifs is 1. The van der Waals surface area contributed by atoms with Crippen molar-refractivity contribution in [1.29, 1.82) is 0 Å². The van der Waals surface area contributed by atoms with Crippen molar-refractivity contribution in [3.63, 3.8) is 0 Å². The maximum absolute atomic E-state index is 11.6. The van der Waals surface area contributed by atoms with E-state index >= 15 is 0 Å². The van der Waals surface area contributed by atoms with Gasteiger partial charge in [0.15, 0.2) is 0 Å². The highest BCUT2D eigenvalue weighted by Gasteiger charge is 2.25. The number of thioether (sulfide) groups is 1. The lowest BCUT2D eigenvalue weighted by Gasteiger charge is -2.22. The molecule has 0 radical (unpaired) electrons. The van der Waals surface area contributed by atoms with Gasteiger partial charge in [-0.1, -0.05) is 0 Å². The largest absolute Gasteiger partial charge is 0.329 e. The van der Waals surface area contributed by atoms with Crippen LogP contribution in [0.2, 0.25) is 0 Å². The molecule has 0 saturated heterocycles. The number of carbonyl (C=O) groups is 1. The fraction of sp³-hybridized carbons (Fsp3) is 0.462. The number of nitrogens with zero attached hydrogens (tertiary/aromatic N) is 1. The Hall–Kier alpha value is -1.00. The standard InChI is InChI=1S/C13H18N2OS/c1-13(2,8-14)17-10-4-5-11-9(6-10)7-12(16)15(11)3/h4-6H,7-8,14H2,1-3H3. The van der Waals surface area contributed by atoms with E-state index < -0.39 is 0 Å². The molecule has 0 atom stereocenters. The summed E-state index contributed by atoms with van der Waals surface area (Å²) < 4.78 is 0.0305. The van der Waals surface area contributed by atoms with E-state index in [4.69, 9.17) is 5.73 Å². The zero-order chi connectivity index (χ0) is 12.6. The number of nitrogens with two attached hydrogens (primary N) is 1. The molecule has 1 heterocycles. The topological polar surface area (TPSA) is 46.3 Å². The SMILES string of the molecule is CN1C(=O)Cc2cc(SC(C)(C)CN)ccc21. The van der Waals surface area contributed by atoms with Crippen LogP contribution < -0.4 is 10.6 Å². The van der Waals surface area contributed by atoms with Crippen molar-refractivity contribution in [2.75, 3.05) is 18.5 Å². The molecule has 0 aliphatic carbocycles. The number of benzene rings is 1. The molecule has 2 N–H and O–H groups in total. The van der Waals surface area contributed by atoms with E-state index in [1.54, 1.807) is 16.7 Å². The zero-order valence-corrected chi connectivity index (χ0v) is 11.3. The minimum absolute atomic E-state index is 0.0305. The summed E-state index contributed by atoms with van der Waals surface area (Å²) in [7, 11) is 1.82. The van der Waals surface area contributed by atoms with E-state index in [2.05, 4.69) is 26.0 Å². The van der Waals surface area contributed by atoms with Crippen molar-refractivity contribution in [3.05, 3.63) is 23.8 Å². The van der Waals surface area contributed by atoms with Crippen LogP contribution in [0.25, 0.3) is 0 Å². The van der Waals surface area contributed by atoms with Gasteiger partial charge in [0.05, 0.1) is 6.42 Å². The third-order valence-electron chi connectivity index (χ3n) is 3.01. The first kappa shape index (κ1) is 12.5. The van der Waals surface area contributed by atoms with Crippen LogP contribution in [0.5, 0.6) is 0 Å². The van der Waals surface area contributed by atoms with Crippen LogP contribution in [-0.4, -0.2) is 24.2 Å². The monoisotopic (exact) mass is 250 g/mol. The molecular formula is C13H18N2OS. The molecule has 1 amide bonds. The average molecular weight is 250 g/mol. The van der Waals surface area contributed by atoms with Crippen molar-refractivity contribution in [2.45, 2.75) is 29.9 Å². The number of anilines is 1. The van der Waals surface area contributed by atoms with Gasteiger partial charge >= 0.3 is 0 Å². The zero-order valence-electron chi connectivity index (χ0n) is 10.5. The fourth-order valence-corrected chi connectivity index (χ4v) is 2.93. The van der Waals surface area contributed by atoms with Gasteiger partial charge in [-0.25, -0.2) is 0 Å². The highest BCUT2D eigenvalue weighted by Crippen LogP contribution is 2.36. The van der Waals surface area contributed by atoms with Crippen LogP contribution in [0.3, 0.4) is 0 Å². The van der Waals surface area contributed by atoms with Gasteiger partial charge in [0.2, 0.25) is 5.91 Å². The van der Waals surface area contributed by atoms with E-state index in [1.165, 1.54) is 4.90 Å². The first-order chi connectivity index (χ1) is 7.93. The van der Waals surface area contributed by atoms with Crippen LogP contribution in [0, 0.1) is 0 Å². The average Bonchev–Trinajstić information content (AvgIpc) is 2.54. The minimum atomic E-state index is 0.0305. The quantitative estimate of drug-likeness (QED) is 0.835. The molecule has 1 aromatic carbocycles. The van der Waals surface area contributed by atoms with Crippen LogP contribution in [0.15, 0.2) is 23.1 Å². The Balaban J connectivity index is 2.25. The van der Waals surface area contributed by atoms with Crippen molar-refractivity contribution in [3.8, 4) is 0 Å². The van der Waals surface area contributed by atoms with E-state index in [0.717, 1.165) is 11.3 Å². The number of amides is 1. The van der Waals surface area contributed by atoms with Gasteiger partial charge in [0.1, 0.15) is 0 Å². The van der Waals surface area contributed by atoms with Gasteiger partial charge in [-0.2, -0.15) is 0 Å². The van der Waals surface area contributed by atoms with Gasteiger partial charge in [0, 0.05) is 28.9 Å². The van der Waals surface area contributed by atoms with Gasteiger partial charge < -0.3 is 10.6 Å². The molecule has 2 rings (SSSR count). The molecule has 4 heteroatoms. The third kappa shape index (κ3) is 2.48. The lowest BCUT2D eigenvalue weighted by atomic mass is 10.2. The van der Waals surface area contributed by atoms with Gasteiger partial charge in [0.25, 0.3) is 0 Å². The number of rotatable bonds is 3. The van der Waals surface area contributed by atoms with Crippen molar-refractivity contribution >= 4 is 23.4 Å². The minimum Gasteiger partial charge on any atom is -0.329 e. The Labute approximate surface area is 106 Å². The van der Waals surface area contributed by atoms with E-state index in [0.29, 0.717) is 13.0 Å². The van der Waals surface area contributed by atoms with E-state index in [9.17, 15) is 4.79 Å². The smallest absolute Gasteiger partial charge is 0.231 e. The third-order valence-corrected chi connectivity index (χ3v) is 4.22. The Morgan fingerprint density at radius 3 is 2.82 bits per heavy atom. The fourth-order valence-electron chi connectivity index (χ4n) is 1.87. The molecule has 0 saturated carbocycles. The second-order valence-corrected chi connectivity index (χ2v) is 6.77. The van der Waals surface area contributed by atoms with Crippen molar-refractivity contribution in [2.24, 2.45) is 5.73 Å². The van der Waals surface area contributed by atoms with Gasteiger partial charge in [-0.05, 0) is 37.6 Å². The summed E-state index contributed by atoms with van der Waals surface area (Å²) in [6.07, 6.45) is 0.517. The van der Waals surface area contributed by atoms with Crippen LogP contribution in [-0.2, 0) is 11.2 Å². The summed E-state index contributed by atoms with van der Waals surface area (Å²) >= 11 is 1.76. The summed E-state index contributed by atoms with van der Waals surface area (Å²) in [6.45, 7) is 4.89. The molecule has 3 nitrogen and oxygen atoms in total. The molecule has 0 fully saturated rings. The molecule has 0 unspecified atom stereocenters. The molecule has 0 spiro atoms. The normalized spacial score (nSPS) is 15.3. The molecular weight excluding hydrogens is 232 g/mol. The van der Waals surface area contributed by atoms with Crippen LogP contribution in [0.4, 0.5) is 5.69 Å². The number of hydrogen-bond donors (Lipinski definition) is 1. The van der Waals surface area contributed by atoms with Gasteiger partial charge in [-0.15, -0.1) is 11.8 Å². The van der Waals surface area contributed by atoms with Crippen molar-refractivity contribution in [1.82, 2.24) is 0 Å². The molecule has 92 valence electrons. The number of carbonyl (C=O) groups excluding carboxylic acids is 1. The highest BCUT2D eigenvalue weighted by atomic mass is 32.2. The number of likely N-dealkylation sites (N-methyl/N-ethyl adjacent to an activating group) is 1. The molecule has 17 heavy (non-hydrogen) atoms. The Bertz CT molecular complexity index is 457. The predicted octanol–water partition coefficient (Wildman–Crippen LogP) is 2.03. The Morgan fingerprint density at radius 1 is 1.47 bits per heavy atom. The van der Waals surface area contributed by atoms with E-state index in [1.807, 2.05) is 13.1 Å². The lowest BCUT2D eigenvalue weighted by Crippen LogP contribution is -2.26. The highest BCUT2D eigenvalue weighted by molar-refractivity contribution is 8.00. The first-order valence-electron chi connectivity index (χ1n) is 5.71. The Kier molecular flexibility index (Phi) is 3.19. The van der Waals surface area contributed by atoms with Crippen LogP contribution >= 0.6 is 11.8 Å². The lowest BCUT2D eigenvalue weighted by molar-refractivity contribution is -0.117. The molecule has 1 aliphatic heterocycles. The van der Waals surface area contributed by atoms with E-state index in [-0.39, 0.29) is 10.7 Å².